The molecule has 100 valence electrons. The predicted octanol–water partition coefficient (Wildman–Crippen LogP) is 1.27. The molecule has 0 atom stereocenters. The molecule has 0 fully saturated rings. The summed E-state index contributed by atoms with van der Waals surface area (Å²) in [4.78, 5) is 0. The third kappa shape index (κ3) is 6.71. The van der Waals surface area contributed by atoms with Crippen LogP contribution in [0.25, 0.3) is 0 Å². The molecule has 2 aliphatic heterocycles. The van der Waals surface area contributed by atoms with Crippen LogP contribution in [0, 0.1) is 0 Å². The van der Waals surface area contributed by atoms with Gasteiger partial charge in [-0.15, -0.1) is 25.3 Å². The first-order chi connectivity index (χ1) is 7.61. The van der Waals surface area contributed by atoms with Gasteiger partial charge in [0.2, 0.25) is 0 Å². The molecule has 0 aromatic heterocycles. The molecular weight excluding hydrogens is 347 g/mol. The summed E-state index contributed by atoms with van der Waals surface area (Å²) in [5.74, 6) is 0. The molecule has 9 heteroatoms. The maximum atomic E-state index is 4.90. The Bertz CT molecular complexity index is 250. The molecule has 0 aromatic carbocycles. The van der Waals surface area contributed by atoms with Crippen LogP contribution in [-0.2, 0) is 60.7 Å². The Morgan fingerprint density at radius 1 is 0.706 bits per heavy atom. The molecule has 0 unspecified atom stereocenters. The van der Waals surface area contributed by atoms with E-state index in [0.29, 0.717) is 46.8 Å². The maximum absolute atomic E-state index is 4.90. The van der Waals surface area contributed by atoms with Crippen molar-refractivity contribution >= 4 is 50.5 Å². The molecule has 0 saturated carbocycles. The van der Waals surface area contributed by atoms with E-state index < -0.39 is 0 Å². The molecule has 2 aliphatic rings. The monoisotopic (exact) mass is 356 g/mol. The molecule has 0 saturated heterocycles. The van der Waals surface area contributed by atoms with Gasteiger partial charge in [0, 0.05) is 10.2 Å². The SMILES string of the molecule is [Ni+2].[S-]C1=C(S)OCCO1.[S-]C1=C(S)OCCO1. The summed E-state index contributed by atoms with van der Waals surface area (Å²) in [7, 11) is 0. The predicted molar refractivity (Wildman–Crippen MR) is 70.6 cm³/mol. The average molecular weight is 357 g/mol. The topological polar surface area (TPSA) is 36.9 Å². The molecule has 0 bridgehead atoms. The Morgan fingerprint density at radius 2 is 1.00 bits per heavy atom. The molecule has 2 rings (SSSR count). The van der Waals surface area contributed by atoms with Gasteiger partial charge in [0.05, 0.1) is 0 Å². The summed E-state index contributed by atoms with van der Waals surface area (Å²) in [6.07, 6.45) is 0. The normalized spacial score (nSPS) is 18.5. The molecule has 2 heterocycles. The van der Waals surface area contributed by atoms with Crippen LogP contribution in [0.5, 0.6) is 0 Å². The fourth-order valence-electron chi connectivity index (χ4n) is 0.787. The van der Waals surface area contributed by atoms with Crippen molar-refractivity contribution in [2.24, 2.45) is 0 Å². The van der Waals surface area contributed by atoms with E-state index in [1.165, 1.54) is 0 Å². The minimum absolute atomic E-state index is 0. The Labute approximate surface area is 132 Å². The van der Waals surface area contributed by atoms with Gasteiger partial charge in [0.25, 0.3) is 0 Å². The molecule has 4 nitrogen and oxygen atoms in total. The van der Waals surface area contributed by atoms with E-state index in [-0.39, 0.29) is 16.5 Å². The van der Waals surface area contributed by atoms with Gasteiger partial charge in [-0.1, -0.05) is 0 Å². The number of hydrogen-bond donors (Lipinski definition) is 2. The minimum Gasteiger partial charge on any atom is -0.738 e. The van der Waals surface area contributed by atoms with Crippen molar-refractivity contribution in [3.63, 3.8) is 0 Å². The Kier molecular flexibility index (Phi) is 9.44. The van der Waals surface area contributed by atoms with Gasteiger partial charge in [0.1, 0.15) is 26.4 Å². The van der Waals surface area contributed by atoms with Gasteiger partial charge in [-0.3, -0.25) is 0 Å². The first-order valence-electron chi connectivity index (χ1n) is 4.33. The summed E-state index contributed by atoms with van der Waals surface area (Å²) in [5.41, 5.74) is 0. The molecule has 17 heavy (non-hydrogen) atoms. The summed E-state index contributed by atoms with van der Waals surface area (Å²) in [5, 5.41) is 1.57. The van der Waals surface area contributed by atoms with Crippen molar-refractivity contribution in [2.75, 3.05) is 26.4 Å². The first-order valence-corrected chi connectivity index (χ1v) is 6.04. The summed E-state index contributed by atoms with van der Waals surface area (Å²) >= 11 is 17.1. The van der Waals surface area contributed by atoms with Gasteiger partial charge >= 0.3 is 16.5 Å². The van der Waals surface area contributed by atoms with Gasteiger partial charge in [-0.25, -0.2) is 0 Å². The quantitative estimate of drug-likeness (QED) is 0.387. The molecule has 0 aliphatic carbocycles. The third-order valence-electron chi connectivity index (χ3n) is 1.46. The van der Waals surface area contributed by atoms with Gasteiger partial charge in [-0.05, 0) is 0 Å². The van der Waals surface area contributed by atoms with Crippen LogP contribution in [0.4, 0.5) is 0 Å². The zero-order valence-corrected chi connectivity index (χ0v) is 12.9. The van der Waals surface area contributed by atoms with E-state index in [1.54, 1.807) is 0 Å². The van der Waals surface area contributed by atoms with Crippen LogP contribution in [0.3, 0.4) is 0 Å². The van der Waals surface area contributed by atoms with E-state index in [4.69, 9.17) is 18.9 Å². The van der Waals surface area contributed by atoms with E-state index in [9.17, 15) is 0 Å². The third-order valence-corrected chi connectivity index (χ3v) is 3.03. The molecule has 0 amide bonds. The van der Waals surface area contributed by atoms with Crippen molar-refractivity contribution < 1.29 is 35.4 Å². The van der Waals surface area contributed by atoms with Gasteiger partial charge in [0.15, 0.2) is 10.2 Å². The fourth-order valence-corrected chi connectivity index (χ4v) is 1.38. The summed E-state index contributed by atoms with van der Waals surface area (Å²) in [6.45, 7) is 2.20. The van der Waals surface area contributed by atoms with E-state index in [2.05, 4.69) is 50.5 Å². The summed E-state index contributed by atoms with van der Waals surface area (Å²) < 4.78 is 19.6. The zero-order valence-electron chi connectivity index (χ0n) is 8.49. The van der Waals surface area contributed by atoms with Gasteiger partial charge in [-0.2, -0.15) is 0 Å². The van der Waals surface area contributed by atoms with Crippen LogP contribution >= 0.6 is 25.3 Å². The number of rotatable bonds is 0. The van der Waals surface area contributed by atoms with Crippen molar-refractivity contribution in [1.29, 1.82) is 0 Å². The second-order valence-electron chi connectivity index (χ2n) is 2.58. The number of hydrogen-bond acceptors (Lipinski definition) is 8. The average Bonchev–Trinajstić information content (AvgIpc) is 2.28. The Balaban J connectivity index is 0.000000284. The smallest absolute Gasteiger partial charge is 0.738 e. The molecule has 0 spiro atoms. The second-order valence-corrected chi connectivity index (χ2v) is 4.13. The van der Waals surface area contributed by atoms with Crippen LogP contribution in [0.15, 0.2) is 20.4 Å². The maximum Gasteiger partial charge on any atom is 2.00 e. The standard InChI is InChI=1S/2C4H6O2S2.Ni/c2*7-3-4(8)6-2-1-5-3;/h2*7-8H,1-2H2;/q;;+2/p-2. The Hall–Kier alpha value is 0.314. The molecular formula is C8H10NiO4S4. The minimum atomic E-state index is 0. The first kappa shape index (κ1) is 17.3. The van der Waals surface area contributed by atoms with Crippen LogP contribution in [0.2, 0.25) is 0 Å². The number of thiol groups is 2. The van der Waals surface area contributed by atoms with Gasteiger partial charge < -0.3 is 44.2 Å². The largest absolute Gasteiger partial charge is 2.00 e. The Morgan fingerprint density at radius 3 is 1.18 bits per heavy atom. The van der Waals surface area contributed by atoms with Crippen molar-refractivity contribution in [2.45, 2.75) is 0 Å². The van der Waals surface area contributed by atoms with Crippen molar-refractivity contribution in [3.8, 4) is 0 Å². The second kappa shape index (κ2) is 9.27. The van der Waals surface area contributed by atoms with E-state index >= 15 is 0 Å². The molecule has 0 N–H and O–H groups in total. The number of ether oxygens (including phenoxy) is 4. The van der Waals surface area contributed by atoms with E-state index in [0.717, 1.165) is 0 Å². The fraction of sp³-hybridized carbons (Fsp3) is 0.500. The van der Waals surface area contributed by atoms with Crippen LogP contribution in [0.1, 0.15) is 0 Å². The summed E-state index contributed by atoms with van der Waals surface area (Å²) in [6, 6.07) is 0. The van der Waals surface area contributed by atoms with E-state index in [1.807, 2.05) is 0 Å². The molecule has 0 aromatic rings. The van der Waals surface area contributed by atoms with Crippen LogP contribution in [-0.4, -0.2) is 26.4 Å². The van der Waals surface area contributed by atoms with Crippen LogP contribution < -0.4 is 0 Å². The molecule has 0 radical (unpaired) electrons. The van der Waals surface area contributed by atoms with Crippen molar-refractivity contribution in [1.82, 2.24) is 0 Å². The zero-order chi connectivity index (χ0) is 12.0. The van der Waals surface area contributed by atoms with Crippen molar-refractivity contribution in [3.05, 3.63) is 20.4 Å².